The fraction of sp³-hybridized carbons (Fsp3) is 0.0476. The van der Waals surface area contributed by atoms with Crippen molar-refractivity contribution in [1.29, 1.82) is 0 Å². The zero-order chi connectivity index (χ0) is 16.4. The molecule has 0 saturated heterocycles. The minimum atomic E-state index is 0.897. The lowest BCUT2D eigenvalue weighted by molar-refractivity contribution is 0.766. The van der Waals surface area contributed by atoms with Gasteiger partial charge >= 0.3 is 0 Å². The Labute approximate surface area is 140 Å². The SMILES string of the molecule is C/C(=C/c1ccc2nn(-c3ccccc3)nc2c1)c1ccccc1. The quantitative estimate of drug-likeness (QED) is 0.499. The van der Waals surface area contributed by atoms with Crippen molar-refractivity contribution in [2.24, 2.45) is 0 Å². The van der Waals surface area contributed by atoms with Crippen molar-refractivity contribution >= 4 is 22.7 Å². The molecule has 0 bridgehead atoms. The van der Waals surface area contributed by atoms with E-state index in [9.17, 15) is 0 Å². The lowest BCUT2D eigenvalue weighted by atomic mass is 10.0. The summed E-state index contributed by atoms with van der Waals surface area (Å²) in [7, 11) is 0. The van der Waals surface area contributed by atoms with Crippen LogP contribution in [0.15, 0.2) is 78.9 Å². The summed E-state index contributed by atoms with van der Waals surface area (Å²) in [6.07, 6.45) is 2.18. The summed E-state index contributed by atoms with van der Waals surface area (Å²) in [6.45, 7) is 2.13. The molecular formula is C21H17N3. The van der Waals surface area contributed by atoms with Gasteiger partial charge in [0.2, 0.25) is 0 Å². The Bertz CT molecular complexity index is 999. The number of allylic oxidation sites excluding steroid dienone is 1. The molecule has 0 spiro atoms. The van der Waals surface area contributed by atoms with Gasteiger partial charge in [-0.1, -0.05) is 60.7 Å². The van der Waals surface area contributed by atoms with Gasteiger partial charge in [0.05, 0.1) is 5.69 Å². The van der Waals surface area contributed by atoms with Crippen LogP contribution in [0.5, 0.6) is 0 Å². The number of para-hydroxylation sites is 1. The van der Waals surface area contributed by atoms with E-state index in [4.69, 9.17) is 0 Å². The molecule has 4 aromatic rings. The molecular weight excluding hydrogens is 294 g/mol. The molecule has 116 valence electrons. The smallest absolute Gasteiger partial charge is 0.114 e. The first kappa shape index (κ1) is 14.4. The highest BCUT2D eigenvalue weighted by atomic mass is 15.5. The van der Waals surface area contributed by atoms with E-state index in [0.717, 1.165) is 22.3 Å². The average molecular weight is 311 g/mol. The third-order valence-electron chi connectivity index (χ3n) is 4.00. The van der Waals surface area contributed by atoms with Crippen molar-refractivity contribution in [3.8, 4) is 5.69 Å². The first-order chi connectivity index (χ1) is 11.8. The predicted molar refractivity (Wildman–Crippen MR) is 98.9 cm³/mol. The van der Waals surface area contributed by atoms with E-state index in [2.05, 4.69) is 59.6 Å². The van der Waals surface area contributed by atoms with Crippen LogP contribution in [-0.4, -0.2) is 15.0 Å². The molecule has 3 aromatic carbocycles. The standard InChI is InChI=1S/C21H17N3/c1-16(18-8-4-2-5-9-18)14-17-12-13-20-21(15-17)23-24(22-20)19-10-6-3-7-11-19/h2-15H,1H3/b16-14-. The molecule has 0 amide bonds. The number of hydrogen-bond donors (Lipinski definition) is 0. The first-order valence-electron chi connectivity index (χ1n) is 7.96. The first-order valence-corrected chi connectivity index (χ1v) is 7.96. The summed E-state index contributed by atoms with van der Waals surface area (Å²) in [6, 6.07) is 26.5. The normalized spacial score (nSPS) is 11.8. The molecule has 4 rings (SSSR count). The van der Waals surface area contributed by atoms with Crippen LogP contribution < -0.4 is 0 Å². The van der Waals surface area contributed by atoms with Crippen LogP contribution in [0.1, 0.15) is 18.1 Å². The number of rotatable bonds is 3. The Morgan fingerprint density at radius 1 is 0.792 bits per heavy atom. The van der Waals surface area contributed by atoms with Gasteiger partial charge in [-0.05, 0) is 47.9 Å². The summed E-state index contributed by atoms with van der Waals surface area (Å²) in [5, 5.41) is 9.15. The lowest BCUT2D eigenvalue weighted by Crippen LogP contribution is -1.97. The molecule has 24 heavy (non-hydrogen) atoms. The minimum Gasteiger partial charge on any atom is -0.150 e. The van der Waals surface area contributed by atoms with E-state index in [1.807, 2.05) is 42.5 Å². The summed E-state index contributed by atoms with van der Waals surface area (Å²) >= 11 is 0. The molecule has 3 heteroatoms. The fourth-order valence-electron chi connectivity index (χ4n) is 2.73. The highest BCUT2D eigenvalue weighted by Crippen LogP contribution is 2.20. The van der Waals surface area contributed by atoms with Gasteiger partial charge in [0.15, 0.2) is 0 Å². The van der Waals surface area contributed by atoms with Crippen LogP contribution in [-0.2, 0) is 0 Å². The third-order valence-corrected chi connectivity index (χ3v) is 4.00. The van der Waals surface area contributed by atoms with Crippen molar-refractivity contribution in [2.75, 3.05) is 0 Å². The Kier molecular flexibility index (Phi) is 3.67. The maximum atomic E-state index is 4.60. The summed E-state index contributed by atoms with van der Waals surface area (Å²) in [5.74, 6) is 0. The Balaban J connectivity index is 1.71. The molecule has 1 heterocycles. The third kappa shape index (κ3) is 2.84. The maximum Gasteiger partial charge on any atom is 0.114 e. The lowest BCUT2D eigenvalue weighted by Gasteiger charge is -2.01. The van der Waals surface area contributed by atoms with E-state index in [1.54, 1.807) is 4.80 Å². The summed E-state index contributed by atoms with van der Waals surface area (Å²) < 4.78 is 0. The summed E-state index contributed by atoms with van der Waals surface area (Å²) in [5.41, 5.74) is 6.34. The molecule has 0 saturated carbocycles. The fourth-order valence-corrected chi connectivity index (χ4v) is 2.73. The Morgan fingerprint density at radius 2 is 1.46 bits per heavy atom. The zero-order valence-corrected chi connectivity index (χ0v) is 13.4. The van der Waals surface area contributed by atoms with Crippen LogP contribution in [0.4, 0.5) is 0 Å². The highest BCUT2D eigenvalue weighted by molar-refractivity contribution is 5.84. The molecule has 0 N–H and O–H groups in total. The van der Waals surface area contributed by atoms with Crippen LogP contribution in [0.3, 0.4) is 0 Å². The van der Waals surface area contributed by atoms with Gasteiger partial charge in [-0.15, -0.1) is 10.2 Å². The second kappa shape index (κ2) is 6.13. The van der Waals surface area contributed by atoms with E-state index >= 15 is 0 Å². The topological polar surface area (TPSA) is 30.7 Å². The Hall–Kier alpha value is -3.20. The number of aromatic nitrogens is 3. The maximum absolute atomic E-state index is 4.60. The van der Waals surface area contributed by atoms with Gasteiger partial charge in [0.25, 0.3) is 0 Å². The van der Waals surface area contributed by atoms with Gasteiger partial charge in [-0.25, -0.2) is 0 Å². The number of benzene rings is 3. The van der Waals surface area contributed by atoms with Crippen molar-refractivity contribution in [3.63, 3.8) is 0 Å². The van der Waals surface area contributed by atoms with E-state index < -0.39 is 0 Å². The van der Waals surface area contributed by atoms with Crippen molar-refractivity contribution in [1.82, 2.24) is 15.0 Å². The minimum absolute atomic E-state index is 0.897. The van der Waals surface area contributed by atoms with E-state index in [-0.39, 0.29) is 0 Å². The molecule has 0 radical (unpaired) electrons. The van der Waals surface area contributed by atoms with Crippen molar-refractivity contribution in [3.05, 3.63) is 90.0 Å². The zero-order valence-electron chi connectivity index (χ0n) is 13.4. The molecule has 0 aliphatic carbocycles. The molecule has 0 aliphatic rings. The molecule has 0 atom stereocenters. The van der Waals surface area contributed by atoms with E-state index in [1.165, 1.54) is 11.1 Å². The van der Waals surface area contributed by atoms with Gasteiger partial charge < -0.3 is 0 Å². The monoisotopic (exact) mass is 311 g/mol. The number of fused-ring (bicyclic) bond motifs is 1. The van der Waals surface area contributed by atoms with Crippen LogP contribution in [0.2, 0.25) is 0 Å². The van der Waals surface area contributed by atoms with Gasteiger partial charge in [0, 0.05) is 0 Å². The molecule has 3 nitrogen and oxygen atoms in total. The van der Waals surface area contributed by atoms with Crippen LogP contribution in [0, 0.1) is 0 Å². The summed E-state index contributed by atoms with van der Waals surface area (Å²) in [4.78, 5) is 1.68. The highest BCUT2D eigenvalue weighted by Gasteiger charge is 2.05. The largest absolute Gasteiger partial charge is 0.150 e. The van der Waals surface area contributed by atoms with Crippen molar-refractivity contribution in [2.45, 2.75) is 6.92 Å². The predicted octanol–water partition coefficient (Wildman–Crippen LogP) is 4.98. The molecule has 0 unspecified atom stereocenters. The van der Waals surface area contributed by atoms with E-state index in [0.29, 0.717) is 0 Å². The second-order valence-corrected chi connectivity index (χ2v) is 5.77. The van der Waals surface area contributed by atoms with Crippen LogP contribution in [0.25, 0.3) is 28.4 Å². The average Bonchev–Trinajstić information content (AvgIpc) is 3.06. The van der Waals surface area contributed by atoms with Crippen LogP contribution >= 0.6 is 0 Å². The molecule has 1 aromatic heterocycles. The molecule has 0 aliphatic heterocycles. The van der Waals surface area contributed by atoms with Gasteiger partial charge in [-0.2, -0.15) is 4.80 Å². The Morgan fingerprint density at radius 3 is 2.21 bits per heavy atom. The van der Waals surface area contributed by atoms with Gasteiger partial charge in [-0.3, -0.25) is 0 Å². The van der Waals surface area contributed by atoms with Gasteiger partial charge in [0.1, 0.15) is 11.0 Å². The van der Waals surface area contributed by atoms with Crippen molar-refractivity contribution < 1.29 is 0 Å². The molecule has 0 fully saturated rings. The number of nitrogens with zero attached hydrogens (tertiary/aromatic N) is 3. The number of hydrogen-bond acceptors (Lipinski definition) is 2. The second-order valence-electron chi connectivity index (χ2n) is 5.77.